The van der Waals surface area contributed by atoms with Gasteiger partial charge in [0, 0.05) is 17.7 Å². The number of carbonyl (C=O) groups is 1. The van der Waals surface area contributed by atoms with Crippen LogP contribution in [0.15, 0.2) is 42.0 Å². The monoisotopic (exact) mass is 509 g/mol. The highest BCUT2D eigenvalue weighted by molar-refractivity contribution is 9.10. The van der Waals surface area contributed by atoms with Crippen LogP contribution in [0.3, 0.4) is 0 Å². The number of allylic oxidation sites excluding steroid dienone is 1. The molecule has 0 aromatic heterocycles. The van der Waals surface area contributed by atoms with Crippen molar-refractivity contribution >= 4 is 43.5 Å². The molecule has 11 heteroatoms. The predicted molar refractivity (Wildman–Crippen MR) is 89.2 cm³/mol. The second kappa shape index (κ2) is 6.83. The normalized spacial score (nSPS) is 29.9. The maximum Gasteiger partial charge on any atom is 0.407 e. The first kappa shape index (κ1) is 21.2. The maximum absolute atomic E-state index is 13.4. The van der Waals surface area contributed by atoms with Crippen molar-refractivity contribution in [3.63, 3.8) is 0 Å². The molecule has 1 amide bonds. The lowest BCUT2D eigenvalue weighted by atomic mass is 9.78. The highest BCUT2D eigenvalue weighted by Crippen LogP contribution is 2.57. The standard InChI is InChI=1S/C15H11Br2F6NO2/c16-12(14(18,19)20)6-9(10(25)13(17,7-12)15(21,22)23)11(26)24-8-4-2-1-3-5-8/h1-6,10,25H,7H2,(H,24,26). The van der Waals surface area contributed by atoms with Gasteiger partial charge in [0.2, 0.25) is 0 Å². The molecule has 1 aromatic carbocycles. The Morgan fingerprint density at radius 3 is 2.08 bits per heavy atom. The molecule has 0 saturated heterocycles. The van der Waals surface area contributed by atoms with Crippen molar-refractivity contribution in [2.45, 2.75) is 33.5 Å². The minimum absolute atomic E-state index is 0.149. The highest BCUT2D eigenvalue weighted by atomic mass is 79.9. The molecule has 0 spiro atoms. The summed E-state index contributed by atoms with van der Waals surface area (Å²) in [4.78, 5) is 12.3. The zero-order valence-electron chi connectivity index (χ0n) is 12.6. The quantitative estimate of drug-likeness (QED) is 0.447. The van der Waals surface area contributed by atoms with Crippen LogP contribution in [0.4, 0.5) is 32.0 Å². The molecular formula is C15H11Br2F6NO2. The van der Waals surface area contributed by atoms with E-state index in [2.05, 4.69) is 37.2 Å². The molecule has 1 aliphatic carbocycles. The first-order valence-corrected chi connectivity index (χ1v) is 8.58. The lowest BCUT2D eigenvalue weighted by Gasteiger charge is -2.44. The van der Waals surface area contributed by atoms with Gasteiger partial charge in [-0.2, -0.15) is 26.3 Å². The van der Waals surface area contributed by atoms with E-state index < -0.39 is 45.0 Å². The molecule has 0 heterocycles. The molecule has 2 N–H and O–H groups in total. The third kappa shape index (κ3) is 3.79. The minimum atomic E-state index is -5.26. The van der Waals surface area contributed by atoms with Gasteiger partial charge in [-0.3, -0.25) is 4.79 Å². The summed E-state index contributed by atoms with van der Waals surface area (Å²) in [5, 5.41) is 12.3. The van der Waals surface area contributed by atoms with Crippen molar-refractivity contribution in [1.29, 1.82) is 0 Å². The zero-order chi connectivity index (χ0) is 20.0. The van der Waals surface area contributed by atoms with Crippen LogP contribution in [0.5, 0.6) is 0 Å². The first-order chi connectivity index (χ1) is 11.7. The van der Waals surface area contributed by atoms with E-state index in [4.69, 9.17) is 0 Å². The molecule has 3 nitrogen and oxygen atoms in total. The van der Waals surface area contributed by atoms with Gasteiger partial charge in [0.15, 0.2) is 4.32 Å². The molecule has 0 bridgehead atoms. The highest BCUT2D eigenvalue weighted by Gasteiger charge is 2.68. The van der Waals surface area contributed by atoms with Crippen LogP contribution in [-0.4, -0.2) is 38.1 Å². The fourth-order valence-corrected chi connectivity index (χ4v) is 4.20. The predicted octanol–water partition coefficient (Wildman–Crippen LogP) is 4.71. The fourth-order valence-electron chi connectivity index (χ4n) is 2.45. The largest absolute Gasteiger partial charge is 0.407 e. The smallest absolute Gasteiger partial charge is 0.386 e. The fraction of sp³-hybridized carbons (Fsp3) is 0.400. The molecule has 1 aliphatic rings. The number of amides is 1. The molecule has 0 radical (unpaired) electrons. The Morgan fingerprint density at radius 2 is 1.62 bits per heavy atom. The minimum Gasteiger partial charge on any atom is -0.386 e. The van der Waals surface area contributed by atoms with Gasteiger partial charge in [-0.25, -0.2) is 0 Å². The van der Waals surface area contributed by atoms with E-state index in [0.29, 0.717) is 0 Å². The van der Waals surface area contributed by atoms with Crippen LogP contribution in [0, 0.1) is 0 Å². The van der Waals surface area contributed by atoms with E-state index in [9.17, 15) is 36.2 Å². The number of alkyl halides is 8. The number of anilines is 1. The van der Waals surface area contributed by atoms with Crippen LogP contribution in [-0.2, 0) is 4.79 Å². The molecule has 26 heavy (non-hydrogen) atoms. The third-order valence-corrected chi connectivity index (χ3v) is 5.99. The lowest BCUT2D eigenvalue weighted by Crippen LogP contribution is -2.60. The summed E-state index contributed by atoms with van der Waals surface area (Å²) in [5.74, 6) is -1.27. The lowest BCUT2D eigenvalue weighted by molar-refractivity contribution is -0.198. The van der Waals surface area contributed by atoms with Gasteiger partial charge in [-0.05, 0) is 18.2 Å². The average Bonchev–Trinajstić information content (AvgIpc) is 2.49. The van der Waals surface area contributed by atoms with Crippen molar-refractivity contribution < 1.29 is 36.2 Å². The van der Waals surface area contributed by atoms with E-state index in [1.165, 1.54) is 24.3 Å². The topological polar surface area (TPSA) is 49.3 Å². The number of nitrogens with one attached hydrogen (secondary N) is 1. The number of halogens is 8. The number of hydrogen-bond acceptors (Lipinski definition) is 2. The molecule has 0 fully saturated rings. The zero-order valence-corrected chi connectivity index (χ0v) is 15.8. The molecule has 0 aliphatic heterocycles. The number of aliphatic hydroxyl groups is 1. The van der Waals surface area contributed by atoms with Crippen molar-refractivity contribution in [2.24, 2.45) is 0 Å². The Balaban J connectivity index is 2.52. The van der Waals surface area contributed by atoms with E-state index in [-0.39, 0.29) is 11.8 Å². The van der Waals surface area contributed by atoms with Crippen LogP contribution < -0.4 is 5.32 Å². The maximum atomic E-state index is 13.4. The van der Waals surface area contributed by atoms with Gasteiger partial charge in [-0.1, -0.05) is 50.1 Å². The summed E-state index contributed by atoms with van der Waals surface area (Å²) in [7, 11) is 0. The molecule has 2 rings (SSSR count). The second-order valence-corrected chi connectivity index (χ2v) is 8.55. The number of benzene rings is 1. The second-order valence-electron chi connectivity index (χ2n) is 5.72. The Hall–Kier alpha value is -1.07. The number of carbonyl (C=O) groups excluding carboxylic acids is 1. The summed E-state index contributed by atoms with van der Waals surface area (Å²) in [6.45, 7) is 0. The van der Waals surface area contributed by atoms with Gasteiger partial charge >= 0.3 is 12.4 Å². The van der Waals surface area contributed by atoms with E-state index in [0.717, 1.165) is 0 Å². The van der Waals surface area contributed by atoms with Gasteiger partial charge in [0.25, 0.3) is 5.91 Å². The van der Waals surface area contributed by atoms with Crippen LogP contribution in [0.1, 0.15) is 6.42 Å². The Morgan fingerprint density at radius 1 is 1.08 bits per heavy atom. The number of hydrogen-bond donors (Lipinski definition) is 2. The molecule has 1 aromatic rings. The SMILES string of the molecule is O=C(Nc1ccccc1)C1=CC(Br)(C(F)(F)F)CC(Br)(C(F)(F)F)C1O. The molecule has 3 atom stereocenters. The first-order valence-electron chi connectivity index (χ1n) is 7.00. The molecule has 144 valence electrons. The van der Waals surface area contributed by atoms with Crippen LogP contribution >= 0.6 is 31.9 Å². The number of para-hydroxylation sites is 1. The van der Waals surface area contributed by atoms with Crippen LogP contribution in [0.2, 0.25) is 0 Å². The van der Waals surface area contributed by atoms with Crippen molar-refractivity contribution in [2.75, 3.05) is 5.32 Å². The Kier molecular flexibility index (Phi) is 5.58. The van der Waals surface area contributed by atoms with Gasteiger partial charge in [0.1, 0.15) is 10.4 Å². The van der Waals surface area contributed by atoms with Gasteiger partial charge in [-0.15, -0.1) is 0 Å². The van der Waals surface area contributed by atoms with E-state index >= 15 is 0 Å². The third-order valence-electron chi connectivity index (χ3n) is 3.86. The molecule has 3 unspecified atom stereocenters. The summed E-state index contributed by atoms with van der Waals surface area (Å²) >= 11 is 4.50. The summed E-state index contributed by atoms with van der Waals surface area (Å²) < 4.78 is 73.8. The van der Waals surface area contributed by atoms with Crippen LogP contribution in [0.25, 0.3) is 0 Å². The summed E-state index contributed by atoms with van der Waals surface area (Å²) in [5.41, 5.74) is -0.904. The Bertz CT molecular complexity index is 721. The van der Waals surface area contributed by atoms with Crippen molar-refractivity contribution in [1.82, 2.24) is 0 Å². The Labute approximate surface area is 160 Å². The van der Waals surface area contributed by atoms with E-state index in [1.54, 1.807) is 6.07 Å². The summed E-state index contributed by atoms with van der Waals surface area (Å²) in [6, 6.07) is 7.41. The van der Waals surface area contributed by atoms with E-state index in [1.807, 2.05) is 0 Å². The van der Waals surface area contributed by atoms with Crippen molar-refractivity contribution in [3.8, 4) is 0 Å². The van der Waals surface area contributed by atoms with Crippen molar-refractivity contribution in [3.05, 3.63) is 42.0 Å². The average molecular weight is 511 g/mol. The van der Waals surface area contributed by atoms with Gasteiger partial charge in [0.05, 0.1) is 0 Å². The number of aliphatic hydroxyl groups excluding tert-OH is 1. The molecule has 0 saturated carbocycles. The summed E-state index contributed by atoms with van der Waals surface area (Å²) in [6.07, 6.45) is -14.3. The van der Waals surface area contributed by atoms with Gasteiger partial charge < -0.3 is 10.4 Å². The number of rotatable bonds is 2. The molecular weight excluding hydrogens is 500 g/mol.